The summed E-state index contributed by atoms with van der Waals surface area (Å²) >= 11 is 6.42. The second-order valence-corrected chi connectivity index (χ2v) is 5.61. The molecule has 2 aromatic carbocycles. The summed E-state index contributed by atoms with van der Waals surface area (Å²) < 4.78 is 0. The molecule has 0 heterocycles. The maximum atomic E-state index is 6.42. The molecule has 1 atom stereocenters. The lowest BCUT2D eigenvalue weighted by molar-refractivity contribution is 0.797. The molecule has 1 aliphatic rings. The molecule has 0 radical (unpaired) electrons. The second kappa shape index (κ2) is 5.16. The monoisotopic (exact) mass is 256 g/mol. The largest absolute Gasteiger partial charge is 0.118 e. The van der Waals surface area contributed by atoms with Crippen LogP contribution in [0.25, 0.3) is 0 Å². The van der Waals surface area contributed by atoms with Gasteiger partial charge in [-0.05, 0) is 41.9 Å². The Labute approximate surface area is 114 Å². The molecule has 1 heteroatoms. The van der Waals surface area contributed by atoms with Crippen LogP contribution in [0.5, 0.6) is 0 Å². The molecule has 0 bridgehead atoms. The van der Waals surface area contributed by atoms with Crippen LogP contribution >= 0.6 is 11.6 Å². The predicted octanol–water partition coefficient (Wildman–Crippen LogP) is 4.97. The summed E-state index contributed by atoms with van der Waals surface area (Å²) in [5, 5.41) is 0.218. The molecule has 0 N–H and O–H groups in total. The van der Waals surface area contributed by atoms with Crippen molar-refractivity contribution in [2.24, 2.45) is 5.92 Å². The van der Waals surface area contributed by atoms with Crippen LogP contribution in [0, 0.1) is 5.92 Å². The number of halogens is 1. The quantitative estimate of drug-likeness (QED) is 0.678. The second-order valence-electron chi connectivity index (χ2n) is 5.14. The van der Waals surface area contributed by atoms with Gasteiger partial charge in [0.1, 0.15) is 0 Å². The maximum absolute atomic E-state index is 6.42. The van der Waals surface area contributed by atoms with Crippen molar-refractivity contribution >= 4 is 11.6 Å². The number of benzene rings is 2. The van der Waals surface area contributed by atoms with Crippen LogP contribution in [-0.2, 0) is 6.42 Å². The van der Waals surface area contributed by atoms with Crippen LogP contribution < -0.4 is 0 Å². The van der Waals surface area contributed by atoms with Gasteiger partial charge >= 0.3 is 0 Å². The molecule has 0 aliphatic heterocycles. The van der Waals surface area contributed by atoms with E-state index in [9.17, 15) is 0 Å². The maximum Gasteiger partial charge on any atom is 0.0613 e. The average molecular weight is 257 g/mol. The third kappa shape index (κ3) is 2.76. The third-order valence-electron chi connectivity index (χ3n) is 3.59. The summed E-state index contributed by atoms with van der Waals surface area (Å²) in [4.78, 5) is 0. The normalized spacial score (nSPS) is 16.5. The molecule has 0 saturated heterocycles. The van der Waals surface area contributed by atoms with E-state index in [4.69, 9.17) is 11.6 Å². The zero-order valence-electron chi connectivity index (χ0n) is 10.4. The van der Waals surface area contributed by atoms with Crippen molar-refractivity contribution in [3.63, 3.8) is 0 Å². The van der Waals surface area contributed by atoms with Gasteiger partial charge < -0.3 is 0 Å². The minimum Gasteiger partial charge on any atom is -0.118 e. The predicted molar refractivity (Wildman–Crippen MR) is 77.0 cm³/mol. The Morgan fingerprint density at radius 3 is 2.11 bits per heavy atom. The highest BCUT2D eigenvalue weighted by molar-refractivity contribution is 6.21. The van der Waals surface area contributed by atoms with Crippen molar-refractivity contribution in [2.75, 3.05) is 0 Å². The first-order valence-electron chi connectivity index (χ1n) is 6.60. The number of hydrogen-bond donors (Lipinski definition) is 0. The van der Waals surface area contributed by atoms with Crippen LogP contribution in [0.2, 0.25) is 0 Å². The Balaban J connectivity index is 1.71. The summed E-state index contributed by atoms with van der Waals surface area (Å²) in [7, 11) is 0. The lowest BCUT2D eigenvalue weighted by Gasteiger charge is -2.09. The first-order chi connectivity index (χ1) is 8.83. The minimum atomic E-state index is 0.218. The first-order valence-corrected chi connectivity index (χ1v) is 7.03. The average Bonchev–Trinajstić information content (AvgIpc) is 3.24. The Morgan fingerprint density at radius 1 is 0.889 bits per heavy atom. The molecule has 92 valence electrons. The van der Waals surface area contributed by atoms with E-state index in [1.807, 2.05) is 0 Å². The topological polar surface area (TPSA) is 0 Å². The van der Waals surface area contributed by atoms with E-state index in [0.29, 0.717) is 5.92 Å². The van der Waals surface area contributed by atoms with Gasteiger partial charge in [-0.3, -0.25) is 0 Å². The Bertz CT molecular complexity index is 497. The van der Waals surface area contributed by atoms with Gasteiger partial charge in [0.15, 0.2) is 0 Å². The lowest BCUT2D eigenvalue weighted by atomic mass is 10.0. The van der Waals surface area contributed by atoms with E-state index in [0.717, 1.165) is 6.42 Å². The van der Waals surface area contributed by atoms with Crippen molar-refractivity contribution in [3.05, 3.63) is 71.3 Å². The molecule has 0 amide bonds. The zero-order chi connectivity index (χ0) is 12.4. The van der Waals surface area contributed by atoms with Gasteiger partial charge in [0.2, 0.25) is 0 Å². The zero-order valence-corrected chi connectivity index (χ0v) is 11.1. The Hall–Kier alpha value is -1.27. The molecule has 1 fully saturated rings. The van der Waals surface area contributed by atoms with Crippen molar-refractivity contribution < 1.29 is 0 Å². The smallest absolute Gasteiger partial charge is 0.0613 e. The highest BCUT2D eigenvalue weighted by Crippen LogP contribution is 2.44. The van der Waals surface area contributed by atoms with E-state index >= 15 is 0 Å². The number of hydrogen-bond acceptors (Lipinski definition) is 0. The summed E-state index contributed by atoms with van der Waals surface area (Å²) in [5.74, 6) is 0.714. The molecule has 0 spiro atoms. The van der Waals surface area contributed by atoms with Crippen LogP contribution in [0.15, 0.2) is 54.6 Å². The molecular weight excluding hydrogens is 240 g/mol. The fraction of sp³-hybridized carbons (Fsp3) is 0.294. The number of rotatable bonds is 4. The highest BCUT2D eigenvalue weighted by atomic mass is 35.5. The summed E-state index contributed by atoms with van der Waals surface area (Å²) in [5.41, 5.74) is 3.98. The van der Waals surface area contributed by atoms with Crippen LogP contribution in [0.1, 0.15) is 34.9 Å². The molecule has 1 unspecified atom stereocenters. The minimum absolute atomic E-state index is 0.218. The number of alkyl halides is 1. The van der Waals surface area contributed by atoms with Crippen molar-refractivity contribution in [2.45, 2.75) is 24.6 Å². The summed E-state index contributed by atoms with van der Waals surface area (Å²) in [6, 6.07) is 19.4. The molecule has 0 aromatic heterocycles. The fourth-order valence-corrected chi connectivity index (χ4v) is 2.71. The Morgan fingerprint density at radius 2 is 1.50 bits per heavy atom. The standard InChI is InChI=1S/C17H17Cl/c18-17(16-10-11-16)15-8-6-14(7-9-15)12-13-4-2-1-3-5-13/h1-9,16-17H,10-12H2. The summed E-state index contributed by atoms with van der Waals surface area (Å²) in [6.45, 7) is 0. The van der Waals surface area contributed by atoms with Gasteiger partial charge in [-0.2, -0.15) is 0 Å². The van der Waals surface area contributed by atoms with Crippen LogP contribution in [0.3, 0.4) is 0 Å². The molecule has 3 rings (SSSR count). The van der Waals surface area contributed by atoms with Crippen molar-refractivity contribution in [1.82, 2.24) is 0 Å². The fourth-order valence-electron chi connectivity index (χ4n) is 2.31. The van der Waals surface area contributed by atoms with Gasteiger partial charge in [-0.1, -0.05) is 54.6 Å². The molecule has 18 heavy (non-hydrogen) atoms. The molecule has 0 nitrogen and oxygen atoms in total. The van der Waals surface area contributed by atoms with E-state index in [1.165, 1.54) is 29.5 Å². The van der Waals surface area contributed by atoms with Gasteiger partial charge in [0.05, 0.1) is 5.38 Å². The first kappa shape index (κ1) is 11.8. The van der Waals surface area contributed by atoms with Gasteiger partial charge in [-0.15, -0.1) is 11.6 Å². The van der Waals surface area contributed by atoms with Gasteiger partial charge in [0, 0.05) is 0 Å². The van der Waals surface area contributed by atoms with Crippen molar-refractivity contribution in [3.8, 4) is 0 Å². The molecule has 1 aliphatic carbocycles. The van der Waals surface area contributed by atoms with E-state index in [-0.39, 0.29) is 5.38 Å². The van der Waals surface area contributed by atoms with Gasteiger partial charge in [-0.25, -0.2) is 0 Å². The summed E-state index contributed by atoms with van der Waals surface area (Å²) in [6.07, 6.45) is 3.58. The van der Waals surface area contributed by atoms with Crippen molar-refractivity contribution in [1.29, 1.82) is 0 Å². The lowest BCUT2D eigenvalue weighted by Crippen LogP contribution is -1.94. The Kier molecular flexibility index (Phi) is 3.38. The SMILES string of the molecule is ClC(c1ccc(Cc2ccccc2)cc1)C1CC1. The molecule has 2 aromatic rings. The van der Waals surface area contributed by atoms with E-state index in [1.54, 1.807) is 0 Å². The van der Waals surface area contributed by atoms with E-state index in [2.05, 4.69) is 54.6 Å². The highest BCUT2D eigenvalue weighted by Gasteiger charge is 2.30. The van der Waals surface area contributed by atoms with Crippen LogP contribution in [-0.4, -0.2) is 0 Å². The van der Waals surface area contributed by atoms with Gasteiger partial charge in [0.25, 0.3) is 0 Å². The van der Waals surface area contributed by atoms with Crippen LogP contribution in [0.4, 0.5) is 0 Å². The van der Waals surface area contributed by atoms with E-state index < -0.39 is 0 Å². The molecule has 1 saturated carbocycles. The third-order valence-corrected chi connectivity index (χ3v) is 4.19. The molecular formula is C17H17Cl.